The zero-order chi connectivity index (χ0) is 48.6. The molecule has 0 spiro atoms. The summed E-state index contributed by atoms with van der Waals surface area (Å²) in [6.45, 7) is 1.15. The van der Waals surface area contributed by atoms with E-state index in [1.165, 1.54) is 23.9 Å². The van der Waals surface area contributed by atoms with Crippen molar-refractivity contribution in [2.24, 2.45) is 5.92 Å². The molecule has 1 aliphatic heterocycles. The smallest absolute Gasteiger partial charge is 0.388 e. The van der Waals surface area contributed by atoms with Crippen LogP contribution in [0.25, 0.3) is 11.1 Å². The Kier molecular flexibility index (Phi) is 19.0. The van der Waals surface area contributed by atoms with Crippen LogP contribution in [0.2, 0.25) is 5.02 Å². The lowest BCUT2D eigenvalue weighted by Crippen LogP contribution is -2.36. The van der Waals surface area contributed by atoms with Crippen molar-refractivity contribution in [2.45, 2.75) is 51.6 Å². The maximum Gasteiger partial charge on any atom is 0.501 e. The third-order valence-corrected chi connectivity index (χ3v) is 15.9. The van der Waals surface area contributed by atoms with Gasteiger partial charge in [0.15, 0.2) is 0 Å². The van der Waals surface area contributed by atoms with Gasteiger partial charge in [0, 0.05) is 52.6 Å². The fourth-order valence-corrected chi connectivity index (χ4v) is 11.0. The van der Waals surface area contributed by atoms with E-state index < -0.39 is 66.7 Å². The summed E-state index contributed by atoms with van der Waals surface area (Å²) in [5.74, 6) is -0.941. The zero-order valence-corrected chi connectivity index (χ0v) is 41.2. The van der Waals surface area contributed by atoms with Crippen molar-refractivity contribution in [1.29, 1.82) is 0 Å². The van der Waals surface area contributed by atoms with E-state index in [0.29, 0.717) is 37.0 Å². The Bertz CT molecular complexity index is 2750. The summed E-state index contributed by atoms with van der Waals surface area (Å²) in [4.78, 5) is 33.5. The first kappa shape index (κ1) is 54.8. The van der Waals surface area contributed by atoms with E-state index in [4.69, 9.17) is 21.4 Å². The largest absolute Gasteiger partial charge is 0.501 e. The number of alkyl halides is 3. The molecule has 2 atom stereocenters. The third-order valence-electron chi connectivity index (χ3n) is 11.1. The predicted molar refractivity (Wildman–Crippen MR) is 259 cm³/mol. The number of carbonyl (C=O) groups excluding carboxylic acids is 1. The van der Waals surface area contributed by atoms with E-state index in [9.17, 15) is 44.5 Å². The summed E-state index contributed by atoms with van der Waals surface area (Å²) in [6.07, 6.45) is 0.773. The molecule has 5 aromatic rings. The van der Waals surface area contributed by atoms with Crippen LogP contribution in [0.1, 0.15) is 41.3 Å². The van der Waals surface area contributed by atoms with Gasteiger partial charge in [-0.3, -0.25) is 9.32 Å². The van der Waals surface area contributed by atoms with Crippen molar-refractivity contribution in [3.63, 3.8) is 0 Å². The van der Waals surface area contributed by atoms with Crippen molar-refractivity contribution in [2.75, 3.05) is 55.8 Å². The van der Waals surface area contributed by atoms with Crippen molar-refractivity contribution in [1.82, 2.24) is 9.62 Å². The number of likely N-dealkylation sites (N-methyl/N-ethyl adjacent to an activating group) is 1. The molecule has 1 heterocycles. The molecule has 1 fully saturated rings. The summed E-state index contributed by atoms with van der Waals surface area (Å²) in [6, 6.07) is 31.5. The SMILES string of the molecule is CN(CCOP(=O)(O)O)CC[C@@H](CSc1ccccc1)Nc1ccc(S(=O)(=O)NC(=O)c2ccc(N3CCC([C@@H](O)c4ccccc4-c4ccc(Cl)cc4)CC3)cc2)cc1S(=O)(=O)C(F)(F)F.Cl. The van der Waals surface area contributed by atoms with Crippen LogP contribution in [0.15, 0.2) is 136 Å². The van der Waals surface area contributed by atoms with E-state index in [-0.39, 0.29) is 55.8 Å². The Hall–Kier alpha value is -4.18. The van der Waals surface area contributed by atoms with Crippen LogP contribution in [-0.4, -0.2) is 99.7 Å². The molecule has 0 saturated carbocycles. The van der Waals surface area contributed by atoms with Crippen LogP contribution in [0.3, 0.4) is 0 Å². The summed E-state index contributed by atoms with van der Waals surface area (Å²) in [5.41, 5.74) is -3.06. The predicted octanol–water partition coefficient (Wildman–Crippen LogP) is 8.80. The van der Waals surface area contributed by atoms with Gasteiger partial charge in [0.1, 0.15) is 4.90 Å². The van der Waals surface area contributed by atoms with Gasteiger partial charge < -0.3 is 30.0 Å². The summed E-state index contributed by atoms with van der Waals surface area (Å²) in [5, 5.41) is 15.0. The van der Waals surface area contributed by atoms with Crippen molar-refractivity contribution in [3.05, 3.63) is 137 Å². The second kappa shape index (κ2) is 23.6. The highest BCUT2D eigenvalue weighted by molar-refractivity contribution is 7.99. The Morgan fingerprint density at radius 2 is 1.54 bits per heavy atom. The van der Waals surface area contributed by atoms with Gasteiger partial charge in [-0.2, -0.15) is 13.2 Å². The number of sulfone groups is 1. The average Bonchev–Trinajstić information content (AvgIpc) is 3.29. The first-order chi connectivity index (χ1) is 31.6. The molecule has 5 aromatic carbocycles. The second-order valence-electron chi connectivity index (χ2n) is 15.8. The number of anilines is 2. The zero-order valence-electron chi connectivity index (χ0n) is 36.3. The topological polar surface area (TPSA) is 203 Å². The number of rotatable bonds is 20. The molecule has 0 unspecified atom stereocenters. The molecule has 1 saturated heterocycles. The molecule has 14 nitrogen and oxygen atoms in total. The molecule has 0 bridgehead atoms. The summed E-state index contributed by atoms with van der Waals surface area (Å²) in [7, 11) is -14.2. The van der Waals surface area contributed by atoms with E-state index in [1.54, 1.807) is 66.5 Å². The first-order valence-electron chi connectivity index (χ1n) is 20.8. The molecule has 1 amide bonds. The first-order valence-corrected chi connectivity index (χ1v) is 26.7. The number of phosphoric acid groups is 1. The Morgan fingerprint density at radius 1 is 0.912 bits per heavy atom. The van der Waals surface area contributed by atoms with E-state index >= 15 is 0 Å². The minimum atomic E-state index is -6.16. The molecule has 368 valence electrons. The number of thioether (sulfide) groups is 1. The minimum Gasteiger partial charge on any atom is -0.388 e. The monoisotopic (exact) mass is 1060 g/mol. The maximum atomic E-state index is 14.2. The summed E-state index contributed by atoms with van der Waals surface area (Å²) < 4.78 is 113. The van der Waals surface area contributed by atoms with Crippen molar-refractivity contribution < 1.29 is 58.8 Å². The number of halogens is 5. The van der Waals surface area contributed by atoms with Gasteiger partial charge in [0.25, 0.3) is 25.8 Å². The number of amides is 1. The molecule has 1 aliphatic rings. The number of piperidine rings is 1. The lowest BCUT2D eigenvalue weighted by Gasteiger charge is -2.36. The van der Waals surface area contributed by atoms with Gasteiger partial charge >= 0.3 is 13.3 Å². The van der Waals surface area contributed by atoms with E-state index in [1.807, 2.05) is 41.1 Å². The number of phosphoric ester groups is 1. The number of aliphatic hydroxyl groups is 1. The fraction of sp³-hybridized carbons (Fsp3) is 0.311. The quantitative estimate of drug-likeness (QED) is 0.0366. The molecular formula is C45H50Cl2F3N4O10PS3. The van der Waals surface area contributed by atoms with Gasteiger partial charge in [0.05, 0.1) is 23.3 Å². The van der Waals surface area contributed by atoms with Crippen molar-refractivity contribution >= 4 is 80.7 Å². The number of nitrogens with zero attached hydrogens (tertiary/aromatic N) is 2. The maximum absolute atomic E-state index is 14.2. The van der Waals surface area contributed by atoms with Crippen LogP contribution >= 0.6 is 43.6 Å². The highest BCUT2D eigenvalue weighted by atomic mass is 35.5. The molecular weight excluding hydrogens is 1010 g/mol. The highest BCUT2D eigenvalue weighted by Crippen LogP contribution is 2.39. The molecule has 0 aromatic heterocycles. The van der Waals surface area contributed by atoms with E-state index in [0.717, 1.165) is 39.4 Å². The van der Waals surface area contributed by atoms with Gasteiger partial charge in [-0.15, -0.1) is 24.2 Å². The number of hydrogen-bond donors (Lipinski definition) is 5. The fourth-order valence-electron chi connectivity index (χ4n) is 7.51. The standard InChI is InChI=1S/C45H49ClF3N4O10PS3.ClH/c1-52(27-28-63-64(56,57)58)24-23-35(30-65-37-7-3-2-4-8-37)50-41-20-19-38(29-42(41)66(59,60)45(47,48)49)67(61,62)51-44(55)33-13-17-36(18-14-33)53-25-21-32(22-26-53)43(54)40-10-6-5-9-39(40)31-11-15-34(46)16-12-31;/h2-20,29,32,35,43,50,54H,21-28,30H2,1H3,(H,51,55)(H2,56,57,58);1H/t35-,43+;/m0./s1. The van der Waals surface area contributed by atoms with Gasteiger partial charge in [-0.1, -0.05) is 66.2 Å². The number of nitrogens with one attached hydrogen (secondary N) is 2. The summed E-state index contributed by atoms with van der Waals surface area (Å²) >= 11 is 7.41. The Labute approximate surface area is 408 Å². The second-order valence-corrected chi connectivity index (χ2v) is 22.2. The number of hydrogen-bond acceptors (Lipinski definition) is 12. The van der Waals surface area contributed by atoms with Gasteiger partial charge in [-0.05, 0) is 122 Å². The lowest BCUT2D eigenvalue weighted by molar-refractivity contribution is -0.0436. The minimum absolute atomic E-state index is 0. The lowest BCUT2D eigenvalue weighted by atomic mass is 9.84. The molecule has 68 heavy (non-hydrogen) atoms. The molecule has 23 heteroatoms. The van der Waals surface area contributed by atoms with Gasteiger partial charge in [0.2, 0.25) is 0 Å². The molecule has 0 aliphatic carbocycles. The Balaban J connectivity index is 0.00000864. The van der Waals surface area contributed by atoms with Crippen LogP contribution < -0.4 is 14.9 Å². The molecule has 5 N–H and O–H groups in total. The van der Waals surface area contributed by atoms with Crippen LogP contribution in [0, 0.1) is 5.92 Å². The highest BCUT2D eigenvalue weighted by Gasteiger charge is 2.48. The molecule has 0 radical (unpaired) electrons. The number of benzene rings is 5. The van der Waals surface area contributed by atoms with Crippen LogP contribution in [0.4, 0.5) is 24.5 Å². The number of sulfonamides is 1. The van der Waals surface area contributed by atoms with Gasteiger partial charge in [-0.25, -0.2) is 26.1 Å². The Morgan fingerprint density at radius 3 is 2.18 bits per heavy atom. The third kappa shape index (κ3) is 14.7. The van der Waals surface area contributed by atoms with E-state index in [2.05, 4.69) is 14.7 Å². The van der Waals surface area contributed by atoms with Crippen molar-refractivity contribution in [3.8, 4) is 11.1 Å². The van der Waals surface area contributed by atoms with Crippen LogP contribution in [0.5, 0.6) is 0 Å². The number of aliphatic hydroxyl groups excluding tert-OH is 1. The number of carbonyl (C=O) groups is 1. The average molecular weight is 1060 g/mol. The normalized spacial score (nSPS) is 14.8. The van der Waals surface area contributed by atoms with Crippen LogP contribution in [-0.2, 0) is 28.9 Å². The molecule has 6 rings (SSSR count).